The van der Waals surface area contributed by atoms with Crippen LogP contribution in [-0.4, -0.2) is 22.5 Å². The molecule has 0 fully saturated rings. The Kier molecular flexibility index (Phi) is 3.49. The van der Waals surface area contributed by atoms with Crippen molar-refractivity contribution in [2.45, 2.75) is 19.4 Å². The molecule has 6 heteroatoms. The van der Waals surface area contributed by atoms with Gasteiger partial charge in [-0.05, 0) is 26.0 Å². The largest absolute Gasteiger partial charge is 0.466 e. The van der Waals surface area contributed by atoms with Crippen LogP contribution in [0.15, 0.2) is 28.3 Å². The number of aliphatic hydroxyl groups is 1. The highest BCUT2D eigenvalue weighted by Gasteiger charge is 2.27. The fourth-order valence-electron chi connectivity index (χ4n) is 1.52. The summed E-state index contributed by atoms with van der Waals surface area (Å²) in [5.41, 5.74) is 1.09. The lowest BCUT2D eigenvalue weighted by molar-refractivity contribution is 0.0331. The van der Waals surface area contributed by atoms with Gasteiger partial charge in [-0.25, -0.2) is 4.98 Å². The Bertz CT molecular complexity index is 531. The highest BCUT2D eigenvalue weighted by molar-refractivity contribution is 7.11. The maximum absolute atomic E-state index is 11.9. The first-order valence-electron chi connectivity index (χ1n) is 5.45. The number of hydrogen-bond donors (Lipinski definition) is 2. The Morgan fingerprint density at radius 2 is 2.44 bits per heavy atom. The van der Waals surface area contributed by atoms with Crippen molar-refractivity contribution in [1.82, 2.24) is 10.3 Å². The minimum atomic E-state index is -1.22. The Balaban J connectivity index is 2.00. The second kappa shape index (κ2) is 4.91. The van der Waals surface area contributed by atoms with E-state index in [0.717, 1.165) is 0 Å². The number of thiazole rings is 1. The average Bonchev–Trinajstić information content (AvgIpc) is 2.96. The van der Waals surface area contributed by atoms with Crippen molar-refractivity contribution in [2.24, 2.45) is 0 Å². The van der Waals surface area contributed by atoms with E-state index < -0.39 is 5.60 Å². The van der Waals surface area contributed by atoms with Crippen molar-refractivity contribution in [3.8, 4) is 0 Å². The van der Waals surface area contributed by atoms with Gasteiger partial charge in [-0.15, -0.1) is 11.3 Å². The fourth-order valence-corrected chi connectivity index (χ4v) is 2.24. The summed E-state index contributed by atoms with van der Waals surface area (Å²) in [7, 11) is 0. The zero-order valence-corrected chi connectivity index (χ0v) is 11.0. The molecule has 96 valence electrons. The zero-order valence-electron chi connectivity index (χ0n) is 10.1. The molecule has 1 atom stereocenters. The molecule has 0 radical (unpaired) electrons. The molecule has 1 amide bonds. The van der Waals surface area contributed by atoms with Crippen LogP contribution in [0.3, 0.4) is 0 Å². The normalized spacial score (nSPS) is 14.2. The van der Waals surface area contributed by atoms with Gasteiger partial charge < -0.3 is 14.8 Å². The summed E-state index contributed by atoms with van der Waals surface area (Å²) in [6.07, 6.45) is 1.49. The lowest BCUT2D eigenvalue weighted by Gasteiger charge is -2.20. The van der Waals surface area contributed by atoms with E-state index >= 15 is 0 Å². The van der Waals surface area contributed by atoms with E-state index in [-0.39, 0.29) is 12.5 Å². The fraction of sp³-hybridized carbons (Fsp3) is 0.333. The van der Waals surface area contributed by atoms with Gasteiger partial charge >= 0.3 is 0 Å². The Hall–Kier alpha value is -1.66. The summed E-state index contributed by atoms with van der Waals surface area (Å²) >= 11 is 1.28. The van der Waals surface area contributed by atoms with Gasteiger partial charge in [-0.2, -0.15) is 0 Å². The highest BCUT2D eigenvalue weighted by Crippen LogP contribution is 2.20. The molecule has 0 bridgehead atoms. The van der Waals surface area contributed by atoms with Crippen LogP contribution in [0, 0.1) is 6.92 Å². The molecule has 1 unspecified atom stereocenters. The summed E-state index contributed by atoms with van der Waals surface area (Å²) in [6, 6.07) is 3.36. The Morgan fingerprint density at radius 3 is 3.00 bits per heavy atom. The van der Waals surface area contributed by atoms with Crippen molar-refractivity contribution in [1.29, 1.82) is 0 Å². The van der Waals surface area contributed by atoms with Crippen LogP contribution in [0.5, 0.6) is 0 Å². The monoisotopic (exact) mass is 266 g/mol. The standard InChI is InChI=1S/C12H14N2O3S/c1-8-10(18-7-14-8)11(15)13-6-12(2,16)9-4-3-5-17-9/h3-5,7,16H,6H2,1-2H3,(H,13,15). The number of nitrogens with zero attached hydrogens (tertiary/aromatic N) is 1. The van der Waals surface area contributed by atoms with E-state index in [9.17, 15) is 9.90 Å². The minimum absolute atomic E-state index is 0.0800. The molecule has 18 heavy (non-hydrogen) atoms. The number of carbonyl (C=O) groups excluding carboxylic acids is 1. The predicted molar refractivity (Wildman–Crippen MR) is 67.5 cm³/mol. The maximum atomic E-state index is 11.9. The van der Waals surface area contributed by atoms with Gasteiger partial charge in [0.2, 0.25) is 0 Å². The van der Waals surface area contributed by atoms with Crippen LogP contribution in [0.25, 0.3) is 0 Å². The van der Waals surface area contributed by atoms with Crippen molar-refractivity contribution < 1.29 is 14.3 Å². The quantitative estimate of drug-likeness (QED) is 0.883. The third kappa shape index (κ3) is 2.60. The van der Waals surface area contributed by atoms with Crippen LogP contribution >= 0.6 is 11.3 Å². The molecule has 2 rings (SSSR count). The van der Waals surface area contributed by atoms with E-state index in [0.29, 0.717) is 16.3 Å². The molecule has 0 saturated heterocycles. The molecule has 2 N–H and O–H groups in total. The number of aromatic nitrogens is 1. The summed E-state index contributed by atoms with van der Waals surface area (Å²) in [5.74, 6) is 0.186. The van der Waals surface area contributed by atoms with E-state index in [2.05, 4.69) is 10.3 Å². The van der Waals surface area contributed by atoms with Gasteiger partial charge in [0.1, 0.15) is 16.2 Å². The first kappa shape index (κ1) is 12.8. The Morgan fingerprint density at radius 1 is 1.67 bits per heavy atom. The zero-order chi connectivity index (χ0) is 13.2. The molecule has 0 aliphatic rings. The second-order valence-corrected chi connectivity index (χ2v) is 5.06. The van der Waals surface area contributed by atoms with Crippen molar-refractivity contribution in [3.05, 3.63) is 40.2 Å². The summed E-state index contributed by atoms with van der Waals surface area (Å²) in [4.78, 5) is 16.4. The average molecular weight is 266 g/mol. The summed E-state index contributed by atoms with van der Waals surface area (Å²) in [5, 5.41) is 12.8. The number of amides is 1. The van der Waals surface area contributed by atoms with E-state index in [1.165, 1.54) is 17.6 Å². The molecule has 2 heterocycles. The SMILES string of the molecule is Cc1ncsc1C(=O)NCC(C)(O)c1ccco1. The van der Waals surface area contributed by atoms with E-state index in [1.807, 2.05) is 0 Å². The number of rotatable bonds is 4. The van der Waals surface area contributed by atoms with Crippen LogP contribution in [0.4, 0.5) is 0 Å². The summed E-state index contributed by atoms with van der Waals surface area (Å²) in [6.45, 7) is 3.44. The number of hydrogen-bond acceptors (Lipinski definition) is 5. The molecular weight excluding hydrogens is 252 g/mol. The molecule has 0 spiro atoms. The molecule has 5 nitrogen and oxygen atoms in total. The van der Waals surface area contributed by atoms with Crippen molar-refractivity contribution in [3.63, 3.8) is 0 Å². The number of carbonyl (C=O) groups is 1. The first-order valence-corrected chi connectivity index (χ1v) is 6.33. The summed E-state index contributed by atoms with van der Waals surface area (Å²) < 4.78 is 5.13. The van der Waals surface area contributed by atoms with Gasteiger partial charge in [0.05, 0.1) is 24.0 Å². The molecule has 0 saturated carbocycles. The molecule has 0 aromatic carbocycles. The number of furan rings is 1. The second-order valence-electron chi connectivity index (χ2n) is 4.20. The van der Waals surface area contributed by atoms with E-state index in [1.54, 1.807) is 31.5 Å². The smallest absolute Gasteiger partial charge is 0.263 e. The van der Waals surface area contributed by atoms with Crippen molar-refractivity contribution in [2.75, 3.05) is 6.54 Å². The van der Waals surface area contributed by atoms with Crippen LogP contribution in [0.2, 0.25) is 0 Å². The molecule has 0 aliphatic heterocycles. The van der Waals surface area contributed by atoms with Gasteiger partial charge in [-0.1, -0.05) is 0 Å². The third-order valence-corrected chi connectivity index (χ3v) is 3.52. The van der Waals surface area contributed by atoms with Crippen LogP contribution < -0.4 is 5.32 Å². The maximum Gasteiger partial charge on any atom is 0.263 e. The van der Waals surface area contributed by atoms with Gasteiger partial charge in [0.25, 0.3) is 5.91 Å². The third-order valence-electron chi connectivity index (χ3n) is 2.60. The van der Waals surface area contributed by atoms with E-state index in [4.69, 9.17) is 4.42 Å². The number of nitrogens with one attached hydrogen (secondary N) is 1. The van der Waals surface area contributed by atoms with Gasteiger partial charge in [-0.3, -0.25) is 4.79 Å². The first-order chi connectivity index (χ1) is 8.50. The molecule has 2 aromatic heterocycles. The topological polar surface area (TPSA) is 75.4 Å². The lowest BCUT2D eigenvalue weighted by atomic mass is 10.0. The molecule has 0 aliphatic carbocycles. The van der Waals surface area contributed by atoms with Crippen LogP contribution in [-0.2, 0) is 5.60 Å². The minimum Gasteiger partial charge on any atom is -0.466 e. The Labute approximate surface area is 108 Å². The van der Waals surface area contributed by atoms with Gasteiger partial charge in [0, 0.05) is 0 Å². The molecular formula is C12H14N2O3S. The lowest BCUT2D eigenvalue weighted by Crippen LogP contribution is -2.38. The molecule has 2 aromatic rings. The van der Waals surface area contributed by atoms with Crippen molar-refractivity contribution >= 4 is 17.2 Å². The highest BCUT2D eigenvalue weighted by atomic mass is 32.1. The van der Waals surface area contributed by atoms with Crippen LogP contribution in [0.1, 0.15) is 28.0 Å². The van der Waals surface area contributed by atoms with Gasteiger partial charge in [0.15, 0.2) is 0 Å². The predicted octanol–water partition coefficient (Wildman–Crippen LogP) is 1.68. The number of aryl methyl sites for hydroxylation is 1.